The van der Waals surface area contributed by atoms with Gasteiger partial charge in [-0.05, 0) is 50.8 Å². The van der Waals surface area contributed by atoms with E-state index in [9.17, 15) is 18.0 Å². The number of nitrogens with zero attached hydrogens (tertiary/aromatic N) is 5. The van der Waals surface area contributed by atoms with Crippen LogP contribution < -0.4 is 15.1 Å². The summed E-state index contributed by atoms with van der Waals surface area (Å²) in [6, 6.07) is 15.9. The number of carbonyl (C=O) groups is 2. The number of ether oxygens (including phenoxy) is 1. The number of piperidine rings is 1. The van der Waals surface area contributed by atoms with E-state index in [1.54, 1.807) is 22.9 Å². The van der Waals surface area contributed by atoms with E-state index in [-0.39, 0.29) is 28.5 Å². The van der Waals surface area contributed by atoms with E-state index in [0.717, 1.165) is 48.9 Å². The first kappa shape index (κ1) is 32.1. The van der Waals surface area contributed by atoms with Crippen molar-refractivity contribution in [2.24, 2.45) is 5.41 Å². The Morgan fingerprint density at radius 2 is 1.65 bits per heavy atom. The summed E-state index contributed by atoms with van der Waals surface area (Å²) < 4.78 is 38.3. The topological polar surface area (TPSA) is 136 Å². The third-order valence-electron chi connectivity index (χ3n) is 9.72. The van der Waals surface area contributed by atoms with Gasteiger partial charge >= 0.3 is 6.03 Å². The van der Waals surface area contributed by atoms with Crippen molar-refractivity contribution < 1.29 is 27.0 Å². The Balaban J connectivity index is 1.17. The SMILES string of the molecule is Cc1ccc(-n2nc(C3(C)CC3)cc2NC(=O)N(OS(C)(=O)=O)c2cnc(OC3CCN(C(=O)C4(C)CC4)CC3)c3ccccc23)cc1. The predicted molar refractivity (Wildman–Crippen MR) is 182 cm³/mol. The quantitative estimate of drug-likeness (QED) is 0.218. The van der Waals surface area contributed by atoms with Gasteiger partial charge in [0.25, 0.3) is 10.1 Å². The number of amides is 3. The number of hydrogen-bond donors (Lipinski definition) is 1. The molecule has 0 radical (unpaired) electrons. The van der Waals surface area contributed by atoms with Crippen molar-refractivity contribution in [3.63, 3.8) is 0 Å². The van der Waals surface area contributed by atoms with Gasteiger partial charge in [0.1, 0.15) is 17.6 Å². The molecule has 4 aromatic rings. The fourth-order valence-corrected chi connectivity index (χ4v) is 6.51. The number of anilines is 2. The molecule has 2 aromatic heterocycles. The number of benzene rings is 2. The van der Waals surface area contributed by atoms with Crippen molar-refractivity contribution >= 4 is 44.3 Å². The monoisotopic (exact) mass is 672 g/mol. The summed E-state index contributed by atoms with van der Waals surface area (Å²) in [6.45, 7) is 7.37. The highest BCUT2D eigenvalue weighted by Gasteiger charge is 2.47. The summed E-state index contributed by atoms with van der Waals surface area (Å²) in [5.41, 5.74) is 2.48. The number of rotatable bonds is 9. The Morgan fingerprint density at radius 1 is 0.979 bits per heavy atom. The minimum atomic E-state index is -4.15. The van der Waals surface area contributed by atoms with Crippen LogP contribution in [0, 0.1) is 12.3 Å². The van der Waals surface area contributed by atoms with Crippen molar-refractivity contribution in [1.82, 2.24) is 19.7 Å². The standard InChI is InChI=1S/C35H40N6O6S/c1-23-9-11-24(12-10-23)40-30(21-29(38-40)34(2)15-16-34)37-33(43)41(47-48(4,44)45)28-22-36-31(27-8-6-5-7-26(27)28)46-25-13-19-39(20-14-25)32(42)35(3)17-18-35/h5-12,21-22,25H,13-20H2,1-4H3,(H,37,43). The highest BCUT2D eigenvalue weighted by Crippen LogP contribution is 2.48. The molecule has 252 valence electrons. The molecule has 0 spiro atoms. The number of likely N-dealkylation sites (tertiary alicyclic amines) is 1. The molecule has 48 heavy (non-hydrogen) atoms. The summed E-state index contributed by atoms with van der Waals surface area (Å²) in [5, 5.41) is 9.47. The van der Waals surface area contributed by atoms with E-state index in [1.165, 1.54) is 6.20 Å². The Bertz CT molecular complexity index is 1990. The number of pyridine rings is 1. The van der Waals surface area contributed by atoms with Gasteiger partial charge in [-0.25, -0.2) is 14.5 Å². The first-order valence-corrected chi connectivity index (χ1v) is 18.2. The zero-order valence-electron chi connectivity index (χ0n) is 27.6. The molecular formula is C35H40N6O6S. The number of hydroxylamine groups is 1. The molecule has 12 nitrogen and oxygen atoms in total. The predicted octanol–water partition coefficient (Wildman–Crippen LogP) is 5.88. The van der Waals surface area contributed by atoms with Crippen molar-refractivity contribution in [2.75, 3.05) is 29.7 Å². The highest BCUT2D eigenvalue weighted by molar-refractivity contribution is 7.86. The van der Waals surface area contributed by atoms with Gasteiger partial charge in [-0.3, -0.25) is 10.1 Å². The van der Waals surface area contributed by atoms with Crippen LogP contribution in [0.15, 0.2) is 60.8 Å². The lowest BCUT2D eigenvalue weighted by atomic mass is 10.0. The van der Waals surface area contributed by atoms with E-state index < -0.39 is 16.1 Å². The molecule has 2 aromatic carbocycles. The summed E-state index contributed by atoms with van der Waals surface area (Å²) >= 11 is 0. The fourth-order valence-electron chi connectivity index (χ4n) is 6.10. The number of hydrogen-bond acceptors (Lipinski definition) is 8. The fraction of sp³-hybridized carbons (Fsp3) is 0.429. The molecule has 2 aliphatic carbocycles. The third kappa shape index (κ3) is 6.48. The summed E-state index contributed by atoms with van der Waals surface area (Å²) in [4.78, 5) is 33.3. The van der Waals surface area contributed by atoms with Crippen LogP contribution in [0.2, 0.25) is 0 Å². The van der Waals surface area contributed by atoms with Crippen LogP contribution in [0.3, 0.4) is 0 Å². The van der Waals surface area contributed by atoms with Crippen LogP contribution in [0.5, 0.6) is 5.88 Å². The van der Waals surface area contributed by atoms with Gasteiger partial charge in [0.2, 0.25) is 11.8 Å². The lowest BCUT2D eigenvalue weighted by Crippen LogP contribution is -2.44. The molecule has 1 aliphatic heterocycles. The van der Waals surface area contributed by atoms with Crippen LogP contribution in [-0.2, 0) is 24.6 Å². The van der Waals surface area contributed by atoms with E-state index in [1.807, 2.05) is 55.1 Å². The van der Waals surface area contributed by atoms with Gasteiger partial charge in [0.05, 0.1) is 23.8 Å². The van der Waals surface area contributed by atoms with Gasteiger partial charge in [-0.1, -0.05) is 49.7 Å². The lowest BCUT2D eigenvalue weighted by molar-refractivity contribution is -0.138. The number of fused-ring (bicyclic) bond motifs is 1. The van der Waals surface area contributed by atoms with Crippen LogP contribution in [0.25, 0.3) is 16.5 Å². The highest BCUT2D eigenvalue weighted by atomic mass is 32.2. The van der Waals surface area contributed by atoms with Crippen LogP contribution in [0.4, 0.5) is 16.3 Å². The molecule has 0 atom stereocenters. The maximum Gasteiger partial charge on any atom is 0.352 e. The van der Waals surface area contributed by atoms with Gasteiger partial charge in [0, 0.05) is 53.6 Å². The Hall–Kier alpha value is -4.49. The Kier molecular flexibility index (Phi) is 7.94. The Morgan fingerprint density at radius 3 is 2.27 bits per heavy atom. The van der Waals surface area contributed by atoms with Gasteiger partial charge in [-0.15, -0.1) is 9.35 Å². The minimum Gasteiger partial charge on any atom is -0.474 e. The summed E-state index contributed by atoms with van der Waals surface area (Å²) in [6.07, 6.45) is 7.29. The van der Waals surface area contributed by atoms with Gasteiger partial charge in [-0.2, -0.15) is 13.5 Å². The zero-order chi connectivity index (χ0) is 33.8. The third-order valence-corrected chi connectivity index (χ3v) is 10.1. The molecule has 3 amide bonds. The molecule has 2 saturated carbocycles. The maximum atomic E-state index is 14.0. The molecule has 3 heterocycles. The smallest absolute Gasteiger partial charge is 0.352 e. The molecule has 7 rings (SSSR count). The lowest BCUT2D eigenvalue weighted by Gasteiger charge is -2.33. The largest absolute Gasteiger partial charge is 0.474 e. The second kappa shape index (κ2) is 11.9. The molecule has 0 unspecified atom stereocenters. The van der Waals surface area contributed by atoms with E-state index in [0.29, 0.717) is 53.5 Å². The molecular weight excluding hydrogens is 632 g/mol. The van der Waals surface area contributed by atoms with Crippen molar-refractivity contribution in [2.45, 2.75) is 70.8 Å². The second-order valence-electron chi connectivity index (χ2n) is 13.9. The molecule has 3 fully saturated rings. The van der Waals surface area contributed by atoms with Crippen molar-refractivity contribution in [3.05, 3.63) is 72.1 Å². The number of carbonyl (C=O) groups excluding carboxylic acids is 2. The average molecular weight is 673 g/mol. The number of aryl methyl sites for hydroxylation is 1. The molecule has 1 saturated heterocycles. The van der Waals surface area contributed by atoms with E-state index in [4.69, 9.17) is 14.1 Å². The number of nitrogens with one attached hydrogen (secondary N) is 1. The minimum absolute atomic E-state index is 0.0874. The van der Waals surface area contributed by atoms with Crippen molar-refractivity contribution in [1.29, 1.82) is 0 Å². The molecule has 13 heteroatoms. The van der Waals surface area contributed by atoms with Crippen LogP contribution >= 0.6 is 0 Å². The normalized spacial score (nSPS) is 18.4. The first-order chi connectivity index (χ1) is 22.8. The van der Waals surface area contributed by atoms with Crippen molar-refractivity contribution in [3.8, 4) is 11.6 Å². The van der Waals surface area contributed by atoms with Gasteiger partial charge in [0.15, 0.2) is 0 Å². The summed E-state index contributed by atoms with van der Waals surface area (Å²) in [7, 11) is -4.15. The van der Waals surface area contributed by atoms with E-state index in [2.05, 4.69) is 17.2 Å². The molecule has 1 N–H and O–H groups in total. The maximum absolute atomic E-state index is 14.0. The molecule has 0 bridgehead atoms. The Labute approximate surface area is 280 Å². The van der Waals surface area contributed by atoms with Gasteiger partial charge < -0.3 is 9.64 Å². The van der Waals surface area contributed by atoms with Crippen LogP contribution in [0.1, 0.15) is 63.6 Å². The summed E-state index contributed by atoms with van der Waals surface area (Å²) in [5.74, 6) is 0.942. The molecule has 3 aliphatic rings. The average Bonchev–Trinajstić information content (AvgIpc) is 3.96. The van der Waals surface area contributed by atoms with E-state index >= 15 is 0 Å². The number of aromatic nitrogens is 3. The number of urea groups is 1. The zero-order valence-corrected chi connectivity index (χ0v) is 28.4. The second-order valence-corrected chi connectivity index (χ2v) is 15.4. The van der Waals surface area contributed by atoms with Crippen LogP contribution in [-0.4, -0.2) is 65.5 Å². The first-order valence-electron chi connectivity index (χ1n) is 16.3.